The van der Waals surface area contributed by atoms with E-state index in [2.05, 4.69) is 27.0 Å². The highest BCUT2D eigenvalue weighted by Gasteiger charge is 2.25. The Morgan fingerprint density at radius 3 is 2.67 bits per heavy atom. The maximum absolute atomic E-state index is 12.3. The number of hydrogen-bond acceptors (Lipinski definition) is 5. The Labute approximate surface area is 163 Å². The summed E-state index contributed by atoms with van der Waals surface area (Å²) in [5.74, 6) is -1.26. The van der Waals surface area contributed by atoms with Crippen LogP contribution in [0.1, 0.15) is 22.7 Å². The molecular formula is C20H25N3O3S. The smallest absolute Gasteiger partial charge is 0.313 e. The fourth-order valence-electron chi connectivity index (χ4n) is 3.13. The van der Waals surface area contributed by atoms with Crippen LogP contribution >= 0.6 is 11.3 Å². The predicted octanol–water partition coefficient (Wildman–Crippen LogP) is 2.49. The molecule has 2 N–H and O–H groups in total. The van der Waals surface area contributed by atoms with Gasteiger partial charge in [0.2, 0.25) is 0 Å². The minimum absolute atomic E-state index is 0.0394. The van der Waals surface area contributed by atoms with E-state index in [1.165, 1.54) is 0 Å². The van der Waals surface area contributed by atoms with Gasteiger partial charge in [-0.3, -0.25) is 14.5 Å². The molecular weight excluding hydrogens is 362 g/mol. The summed E-state index contributed by atoms with van der Waals surface area (Å²) in [6, 6.07) is 7.86. The van der Waals surface area contributed by atoms with Gasteiger partial charge in [0.1, 0.15) is 0 Å². The number of carbonyl (C=O) groups excluding carboxylic acids is 2. The zero-order valence-corrected chi connectivity index (χ0v) is 16.5. The van der Waals surface area contributed by atoms with Gasteiger partial charge in [-0.05, 0) is 53.4 Å². The first-order valence-corrected chi connectivity index (χ1v) is 9.99. The van der Waals surface area contributed by atoms with E-state index in [1.807, 2.05) is 37.4 Å². The van der Waals surface area contributed by atoms with E-state index >= 15 is 0 Å². The summed E-state index contributed by atoms with van der Waals surface area (Å²) in [6.07, 6.45) is 0. The molecule has 2 heterocycles. The number of anilines is 1. The summed E-state index contributed by atoms with van der Waals surface area (Å²) in [4.78, 5) is 26.9. The molecule has 1 aromatic carbocycles. The summed E-state index contributed by atoms with van der Waals surface area (Å²) in [5, 5.41) is 9.61. The number of benzene rings is 1. The summed E-state index contributed by atoms with van der Waals surface area (Å²) < 4.78 is 5.43. The van der Waals surface area contributed by atoms with Gasteiger partial charge in [0.25, 0.3) is 0 Å². The molecule has 0 spiro atoms. The Balaban J connectivity index is 1.61. The molecule has 0 radical (unpaired) electrons. The molecule has 1 aliphatic rings. The third kappa shape index (κ3) is 5.15. The van der Waals surface area contributed by atoms with Crippen LogP contribution in [0.15, 0.2) is 35.0 Å². The van der Waals surface area contributed by atoms with Crippen LogP contribution in [0.4, 0.5) is 5.69 Å². The van der Waals surface area contributed by atoms with E-state index in [-0.39, 0.29) is 6.04 Å². The molecule has 6 nitrogen and oxygen atoms in total. The third-order valence-corrected chi connectivity index (χ3v) is 5.42. The normalized spacial score (nSPS) is 15.9. The van der Waals surface area contributed by atoms with Crippen molar-refractivity contribution in [2.24, 2.45) is 0 Å². The zero-order chi connectivity index (χ0) is 19.2. The molecule has 1 atom stereocenters. The average Bonchev–Trinajstić information content (AvgIpc) is 3.20. The molecule has 0 bridgehead atoms. The lowest BCUT2D eigenvalue weighted by atomic mass is 10.1. The van der Waals surface area contributed by atoms with Gasteiger partial charge in [0.15, 0.2) is 0 Å². The van der Waals surface area contributed by atoms with Crippen molar-refractivity contribution in [3.8, 4) is 0 Å². The number of nitrogens with one attached hydrogen (secondary N) is 2. The molecule has 1 saturated heterocycles. The zero-order valence-electron chi connectivity index (χ0n) is 15.7. The fraction of sp³-hybridized carbons (Fsp3) is 0.400. The number of nitrogens with zero attached hydrogens (tertiary/aromatic N) is 1. The Morgan fingerprint density at radius 1 is 1.19 bits per heavy atom. The highest BCUT2D eigenvalue weighted by molar-refractivity contribution is 7.08. The molecule has 3 rings (SSSR count). The van der Waals surface area contributed by atoms with Gasteiger partial charge >= 0.3 is 11.8 Å². The standard InChI is InChI=1S/C20H25N3O3S/c1-14-3-4-15(2)17(11-14)22-20(25)19(24)21-12-18(16-5-10-27-13-16)23-6-8-26-9-7-23/h3-5,10-11,13,18H,6-9,12H2,1-2H3,(H,21,24)(H,22,25). The summed E-state index contributed by atoms with van der Waals surface area (Å²) in [7, 11) is 0. The number of morpholine rings is 1. The van der Waals surface area contributed by atoms with E-state index in [0.717, 1.165) is 29.8 Å². The molecule has 144 valence electrons. The summed E-state index contributed by atoms with van der Waals surface area (Å²) in [6.45, 7) is 7.22. The van der Waals surface area contributed by atoms with Crippen molar-refractivity contribution in [1.82, 2.24) is 10.2 Å². The second-order valence-electron chi connectivity index (χ2n) is 6.70. The van der Waals surface area contributed by atoms with Crippen LogP contribution in [0.25, 0.3) is 0 Å². The van der Waals surface area contributed by atoms with Crippen LogP contribution in [0.3, 0.4) is 0 Å². The largest absolute Gasteiger partial charge is 0.379 e. The lowest BCUT2D eigenvalue weighted by Crippen LogP contribution is -2.45. The highest BCUT2D eigenvalue weighted by atomic mass is 32.1. The van der Waals surface area contributed by atoms with Crippen LogP contribution in [-0.2, 0) is 14.3 Å². The molecule has 27 heavy (non-hydrogen) atoms. The number of carbonyl (C=O) groups is 2. The van der Waals surface area contributed by atoms with Gasteiger partial charge in [-0.25, -0.2) is 0 Å². The molecule has 0 saturated carbocycles. The SMILES string of the molecule is Cc1ccc(C)c(NC(=O)C(=O)NCC(c2ccsc2)N2CCOCC2)c1. The number of aryl methyl sites for hydroxylation is 2. The van der Waals surface area contributed by atoms with Crippen LogP contribution in [0, 0.1) is 13.8 Å². The van der Waals surface area contributed by atoms with Gasteiger partial charge in [-0.1, -0.05) is 12.1 Å². The van der Waals surface area contributed by atoms with Crippen molar-refractivity contribution in [1.29, 1.82) is 0 Å². The number of hydrogen-bond donors (Lipinski definition) is 2. The molecule has 7 heteroatoms. The Hall–Kier alpha value is -2.22. The molecule has 2 amide bonds. The van der Waals surface area contributed by atoms with Crippen molar-refractivity contribution in [2.75, 3.05) is 38.2 Å². The molecule has 1 aromatic heterocycles. The Morgan fingerprint density at radius 2 is 1.96 bits per heavy atom. The lowest BCUT2D eigenvalue weighted by Gasteiger charge is -2.34. The second kappa shape index (κ2) is 9.12. The maximum Gasteiger partial charge on any atom is 0.313 e. The Bertz CT molecular complexity index is 786. The molecule has 1 aliphatic heterocycles. The third-order valence-electron chi connectivity index (χ3n) is 4.72. The van der Waals surface area contributed by atoms with Crippen molar-refractivity contribution in [2.45, 2.75) is 19.9 Å². The molecule has 2 aromatic rings. The summed E-state index contributed by atoms with van der Waals surface area (Å²) >= 11 is 1.63. The van der Waals surface area contributed by atoms with Crippen LogP contribution in [0.2, 0.25) is 0 Å². The van der Waals surface area contributed by atoms with Gasteiger partial charge < -0.3 is 15.4 Å². The van der Waals surface area contributed by atoms with Crippen LogP contribution < -0.4 is 10.6 Å². The van der Waals surface area contributed by atoms with E-state index in [0.29, 0.717) is 25.4 Å². The van der Waals surface area contributed by atoms with Crippen molar-refractivity contribution >= 4 is 28.8 Å². The number of amides is 2. The predicted molar refractivity (Wildman–Crippen MR) is 107 cm³/mol. The molecule has 1 unspecified atom stereocenters. The van der Waals surface area contributed by atoms with Gasteiger partial charge in [0, 0.05) is 25.3 Å². The first-order chi connectivity index (χ1) is 13.0. The number of ether oxygens (including phenoxy) is 1. The van der Waals surface area contributed by atoms with Crippen LogP contribution in [-0.4, -0.2) is 49.6 Å². The Kier molecular flexibility index (Phi) is 6.60. The lowest BCUT2D eigenvalue weighted by molar-refractivity contribution is -0.136. The van der Waals surface area contributed by atoms with E-state index in [4.69, 9.17) is 4.74 Å². The maximum atomic E-state index is 12.3. The first-order valence-electron chi connectivity index (χ1n) is 9.05. The van der Waals surface area contributed by atoms with Crippen molar-refractivity contribution in [3.63, 3.8) is 0 Å². The summed E-state index contributed by atoms with van der Waals surface area (Å²) in [5.41, 5.74) is 3.77. The highest BCUT2D eigenvalue weighted by Crippen LogP contribution is 2.23. The van der Waals surface area contributed by atoms with Crippen molar-refractivity contribution < 1.29 is 14.3 Å². The van der Waals surface area contributed by atoms with Crippen LogP contribution in [0.5, 0.6) is 0 Å². The monoisotopic (exact) mass is 387 g/mol. The van der Waals surface area contributed by atoms with E-state index in [1.54, 1.807) is 11.3 Å². The molecule has 1 fully saturated rings. The van der Waals surface area contributed by atoms with Gasteiger partial charge in [-0.2, -0.15) is 11.3 Å². The minimum atomic E-state index is -0.644. The quantitative estimate of drug-likeness (QED) is 0.774. The second-order valence-corrected chi connectivity index (χ2v) is 7.48. The minimum Gasteiger partial charge on any atom is -0.379 e. The van der Waals surface area contributed by atoms with E-state index in [9.17, 15) is 9.59 Å². The van der Waals surface area contributed by atoms with Crippen molar-refractivity contribution in [3.05, 3.63) is 51.7 Å². The average molecular weight is 388 g/mol. The van der Waals surface area contributed by atoms with Gasteiger partial charge in [0.05, 0.1) is 19.3 Å². The number of thiophene rings is 1. The van der Waals surface area contributed by atoms with Gasteiger partial charge in [-0.15, -0.1) is 0 Å². The van der Waals surface area contributed by atoms with E-state index < -0.39 is 11.8 Å². The molecule has 0 aliphatic carbocycles. The number of rotatable bonds is 5. The topological polar surface area (TPSA) is 70.7 Å². The fourth-order valence-corrected chi connectivity index (χ4v) is 3.84. The first kappa shape index (κ1) is 19.5.